The van der Waals surface area contributed by atoms with E-state index in [1.165, 1.54) is 16.0 Å². The second-order valence-electron chi connectivity index (χ2n) is 11.6. The van der Waals surface area contributed by atoms with E-state index in [1.54, 1.807) is 0 Å². The molecule has 2 fully saturated rings. The molecule has 0 unspecified atom stereocenters. The van der Waals surface area contributed by atoms with Crippen molar-refractivity contribution in [3.63, 3.8) is 0 Å². The Kier molecular flexibility index (Phi) is 8.35. The predicted molar refractivity (Wildman–Crippen MR) is 156 cm³/mol. The molecule has 0 N–H and O–H groups in total. The molecule has 0 saturated carbocycles. The van der Waals surface area contributed by atoms with E-state index in [1.807, 2.05) is 12.1 Å². The number of carbonyl (C=O) groups excluding carboxylic acids is 1. The Hall–Kier alpha value is -3.26. The first kappa shape index (κ1) is 28.8. The van der Waals surface area contributed by atoms with Crippen LogP contribution in [0.2, 0.25) is 5.02 Å². The van der Waals surface area contributed by atoms with Crippen LogP contribution in [-0.4, -0.2) is 90.8 Å². The molecule has 6 rings (SSSR count). The topological polar surface area (TPSA) is 94.8 Å². The molecule has 1 amide bonds. The summed E-state index contributed by atoms with van der Waals surface area (Å²) in [4.78, 5) is 28.2. The molecule has 0 radical (unpaired) electrons. The summed E-state index contributed by atoms with van der Waals surface area (Å²) < 4.78 is 25.4. The van der Waals surface area contributed by atoms with Crippen molar-refractivity contribution < 1.29 is 18.7 Å². The molecule has 2 aromatic rings. The summed E-state index contributed by atoms with van der Waals surface area (Å²) in [6.07, 6.45) is 4.60. The smallest absolute Gasteiger partial charge is 0.318 e. The lowest BCUT2D eigenvalue weighted by Gasteiger charge is -2.42. The number of nitrogens with zero attached hydrogens (tertiary/aromatic N) is 6. The molecule has 0 bridgehead atoms. The van der Waals surface area contributed by atoms with Crippen LogP contribution < -0.4 is 9.64 Å². The van der Waals surface area contributed by atoms with Gasteiger partial charge in [0.1, 0.15) is 12.4 Å². The summed E-state index contributed by atoms with van der Waals surface area (Å²) >= 11 is 6.59. The van der Waals surface area contributed by atoms with Crippen LogP contribution in [0.15, 0.2) is 30.6 Å². The number of morpholine rings is 1. The van der Waals surface area contributed by atoms with Crippen LogP contribution in [0.3, 0.4) is 0 Å². The molecule has 222 valence electrons. The van der Waals surface area contributed by atoms with Crippen LogP contribution in [0.4, 0.5) is 10.2 Å². The number of rotatable bonds is 7. The molecule has 2 aliphatic heterocycles. The number of hydrogen-bond acceptors (Lipinski definition) is 8. The lowest BCUT2D eigenvalue weighted by atomic mass is 9.69. The van der Waals surface area contributed by atoms with Crippen LogP contribution in [0.5, 0.6) is 6.01 Å². The first-order valence-corrected chi connectivity index (χ1v) is 15.1. The molecule has 2 aliphatic carbocycles. The Balaban J connectivity index is 1.30. The summed E-state index contributed by atoms with van der Waals surface area (Å²) in [5.41, 5.74) is 4.60. The van der Waals surface area contributed by atoms with E-state index < -0.39 is 17.8 Å². The van der Waals surface area contributed by atoms with Crippen molar-refractivity contribution in [2.24, 2.45) is 0 Å². The molecule has 42 heavy (non-hydrogen) atoms. The number of nitriles is 1. The largest absolute Gasteiger partial charge is 0.462 e. The van der Waals surface area contributed by atoms with Gasteiger partial charge in [0, 0.05) is 55.3 Å². The summed E-state index contributed by atoms with van der Waals surface area (Å²) in [5, 5.41) is 10.3. The second-order valence-corrected chi connectivity index (χ2v) is 12.1. The molecular weight excluding hydrogens is 559 g/mol. The van der Waals surface area contributed by atoms with Crippen LogP contribution in [0.25, 0.3) is 0 Å². The molecule has 9 nitrogen and oxygen atoms in total. The fraction of sp³-hybridized carbons (Fsp3) is 0.548. The number of fused-ring (bicyclic) bond motifs is 3. The van der Waals surface area contributed by atoms with Gasteiger partial charge in [0.05, 0.1) is 37.4 Å². The van der Waals surface area contributed by atoms with Crippen molar-refractivity contribution in [3.8, 4) is 12.1 Å². The molecule has 11 heteroatoms. The zero-order valence-electron chi connectivity index (χ0n) is 23.8. The molecule has 3 heterocycles. The maximum atomic E-state index is 13.8. The second kappa shape index (κ2) is 12.2. The van der Waals surface area contributed by atoms with Gasteiger partial charge in [-0.3, -0.25) is 9.69 Å². The van der Waals surface area contributed by atoms with Crippen molar-refractivity contribution in [1.29, 1.82) is 5.26 Å². The van der Waals surface area contributed by atoms with Gasteiger partial charge in [-0.25, -0.2) is 4.39 Å². The highest BCUT2D eigenvalue weighted by Crippen LogP contribution is 2.50. The van der Waals surface area contributed by atoms with Crippen LogP contribution >= 0.6 is 11.6 Å². The number of carbonyl (C=O) groups is 1. The average Bonchev–Trinajstić information content (AvgIpc) is 3.35. The van der Waals surface area contributed by atoms with Gasteiger partial charge in [0.25, 0.3) is 5.91 Å². The molecule has 1 aromatic carbocycles. The first-order chi connectivity index (χ1) is 20.4. The number of aromatic nitrogens is 2. The molecular formula is C31H36ClFN6O3. The molecule has 1 spiro atoms. The van der Waals surface area contributed by atoms with Gasteiger partial charge in [-0.05, 0) is 49.3 Å². The Morgan fingerprint density at radius 3 is 2.74 bits per heavy atom. The van der Waals surface area contributed by atoms with E-state index in [0.29, 0.717) is 25.7 Å². The SMILES string of the molecule is C=C(F)C(=O)N1CCN(c2nc(OCCN3CCOCC3)nc3c2CC[C@@]2(CCc4c(Cl)cccc42)C3)C[C@@H]1CC#N. The van der Waals surface area contributed by atoms with Crippen LogP contribution in [-0.2, 0) is 34.2 Å². The van der Waals surface area contributed by atoms with Crippen LogP contribution in [0.1, 0.15) is 41.6 Å². The summed E-state index contributed by atoms with van der Waals surface area (Å²) in [6, 6.07) is 8.24. The fourth-order valence-corrected chi connectivity index (χ4v) is 7.36. The fourth-order valence-electron chi connectivity index (χ4n) is 7.09. The van der Waals surface area contributed by atoms with E-state index >= 15 is 0 Å². The minimum atomic E-state index is -1.01. The molecule has 4 aliphatic rings. The third-order valence-electron chi connectivity index (χ3n) is 9.30. The monoisotopic (exact) mass is 594 g/mol. The van der Waals surface area contributed by atoms with Crippen LogP contribution in [0, 0.1) is 11.3 Å². The maximum absolute atomic E-state index is 13.8. The Morgan fingerprint density at radius 1 is 1.19 bits per heavy atom. The average molecular weight is 595 g/mol. The third kappa shape index (κ3) is 5.58. The number of piperazine rings is 1. The normalized spacial score (nSPS) is 23.8. The van der Waals surface area contributed by atoms with E-state index in [0.717, 1.165) is 87.1 Å². The van der Waals surface area contributed by atoms with Gasteiger partial charge in [-0.1, -0.05) is 30.3 Å². The summed E-state index contributed by atoms with van der Waals surface area (Å²) in [6.45, 7) is 8.69. The maximum Gasteiger partial charge on any atom is 0.318 e. The van der Waals surface area contributed by atoms with E-state index in [-0.39, 0.29) is 18.4 Å². The quantitative estimate of drug-likeness (QED) is 0.449. The zero-order valence-corrected chi connectivity index (χ0v) is 24.5. The molecule has 2 saturated heterocycles. The van der Waals surface area contributed by atoms with Gasteiger partial charge < -0.3 is 19.3 Å². The van der Waals surface area contributed by atoms with Gasteiger partial charge >= 0.3 is 6.01 Å². The number of halogens is 2. The number of ether oxygens (including phenoxy) is 2. The third-order valence-corrected chi connectivity index (χ3v) is 9.65. The minimum Gasteiger partial charge on any atom is -0.462 e. The standard InChI is InChI=1S/C31H36ClFN6O3/c1-21(33)29(40)39-12-11-38(20-22(39)7-10-34)28-24-6-9-31(8-5-23-25(31)3-2-4-26(23)32)19-27(24)35-30(36-28)42-18-15-37-13-16-41-17-14-37/h2-4,22H,1,5-9,11-20H2/t22-,31-/m0/s1. The number of amides is 1. The minimum absolute atomic E-state index is 0.0279. The highest BCUT2D eigenvalue weighted by atomic mass is 35.5. The van der Waals surface area contributed by atoms with Crippen molar-refractivity contribution >= 4 is 23.3 Å². The van der Waals surface area contributed by atoms with Gasteiger partial charge in [-0.15, -0.1) is 0 Å². The van der Waals surface area contributed by atoms with Crippen molar-refractivity contribution in [2.75, 3.05) is 64.0 Å². The number of benzene rings is 1. The number of hydrogen-bond donors (Lipinski definition) is 0. The Morgan fingerprint density at radius 2 is 1.98 bits per heavy atom. The predicted octanol–water partition coefficient (Wildman–Crippen LogP) is 3.63. The van der Waals surface area contributed by atoms with Gasteiger partial charge in [0.2, 0.25) is 0 Å². The Labute approximate surface area is 250 Å². The first-order valence-electron chi connectivity index (χ1n) is 14.8. The Bertz CT molecular complexity index is 1410. The highest BCUT2D eigenvalue weighted by molar-refractivity contribution is 6.31. The highest BCUT2D eigenvalue weighted by Gasteiger charge is 2.44. The summed E-state index contributed by atoms with van der Waals surface area (Å²) in [7, 11) is 0. The van der Waals surface area contributed by atoms with Crippen molar-refractivity contribution in [1.82, 2.24) is 19.8 Å². The summed E-state index contributed by atoms with van der Waals surface area (Å²) in [5.74, 6) is -0.981. The molecule has 1 aromatic heterocycles. The zero-order chi connectivity index (χ0) is 29.3. The van der Waals surface area contributed by atoms with E-state index in [9.17, 15) is 14.4 Å². The van der Waals surface area contributed by atoms with E-state index in [4.69, 9.17) is 31.0 Å². The lowest BCUT2D eigenvalue weighted by molar-refractivity contribution is -0.131. The van der Waals surface area contributed by atoms with Crippen molar-refractivity contribution in [2.45, 2.75) is 50.0 Å². The van der Waals surface area contributed by atoms with E-state index in [2.05, 4.69) is 28.5 Å². The molecule has 2 atom stereocenters. The van der Waals surface area contributed by atoms with Gasteiger partial charge in [-0.2, -0.15) is 15.2 Å². The number of anilines is 1. The lowest BCUT2D eigenvalue weighted by Crippen LogP contribution is -2.55. The van der Waals surface area contributed by atoms with Crippen molar-refractivity contribution in [3.05, 3.63) is 58.0 Å². The van der Waals surface area contributed by atoms with Gasteiger partial charge in [0.15, 0.2) is 5.83 Å².